The Morgan fingerprint density at radius 2 is 1.13 bits per heavy atom. The molecule has 0 heterocycles. The first-order valence-corrected chi connectivity index (χ1v) is 8.38. The van der Waals surface area contributed by atoms with Crippen molar-refractivity contribution in [3.63, 3.8) is 0 Å². The maximum Gasteiger partial charge on any atom is -0.0100 e. The van der Waals surface area contributed by atoms with Crippen molar-refractivity contribution in [3.05, 3.63) is 84.4 Å². The SMILES string of the molecule is CCC(C)(C)c1ccccc1-c1ccccc1-c1ccccc1. The van der Waals surface area contributed by atoms with Gasteiger partial charge >= 0.3 is 0 Å². The lowest BCUT2D eigenvalue weighted by molar-refractivity contribution is 0.508. The Morgan fingerprint density at radius 1 is 0.609 bits per heavy atom. The van der Waals surface area contributed by atoms with E-state index in [0.717, 1.165) is 6.42 Å². The Kier molecular flexibility index (Phi) is 4.34. The molecule has 0 aliphatic rings. The number of benzene rings is 3. The van der Waals surface area contributed by atoms with Crippen LogP contribution < -0.4 is 0 Å². The Labute approximate surface area is 139 Å². The molecule has 0 aliphatic carbocycles. The van der Waals surface area contributed by atoms with Gasteiger partial charge in [0.1, 0.15) is 0 Å². The molecule has 0 heteroatoms. The van der Waals surface area contributed by atoms with Crippen LogP contribution in [0.4, 0.5) is 0 Å². The van der Waals surface area contributed by atoms with Crippen molar-refractivity contribution < 1.29 is 0 Å². The van der Waals surface area contributed by atoms with Gasteiger partial charge in [0.25, 0.3) is 0 Å². The molecule has 3 rings (SSSR count). The first-order valence-electron chi connectivity index (χ1n) is 8.38. The van der Waals surface area contributed by atoms with Crippen LogP contribution in [0.3, 0.4) is 0 Å². The highest BCUT2D eigenvalue weighted by molar-refractivity contribution is 5.85. The normalized spacial score (nSPS) is 11.4. The predicted octanol–water partition coefficient (Wildman–Crippen LogP) is 6.71. The molecule has 0 saturated heterocycles. The lowest BCUT2D eigenvalue weighted by Gasteiger charge is -2.27. The van der Waals surface area contributed by atoms with E-state index in [2.05, 4.69) is 99.6 Å². The van der Waals surface area contributed by atoms with Crippen molar-refractivity contribution in [2.75, 3.05) is 0 Å². The third-order valence-electron chi connectivity index (χ3n) is 4.84. The Hall–Kier alpha value is -2.34. The molecule has 0 aliphatic heterocycles. The highest BCUT2D eigenvalue weighted by Crippen LogP contribution is 2.39. The van der Waals surface area contributed by atoms with Crippen LogP contribution in [0.25, 0.3) is 22.3 Å². The molecule has 3 aromatic rings. The monoisotopic (exact) mass is 300 g/mol. The Bertz CT molecular complexity index is 782. The van der Waals surface area contributed by atoms with E-state index < -0.39 is 0 Å². The van der Waals surface area contributed by atoms with Crippen LogP contribution in [0, 0.1) is 0 Å². The molecule has 3 aromatic carbocycles. The zero-order valence-corrected chi connectivity index (χ0v) is 14.2. The number of hydrogen-bond donors (Lipinski definition) is 0. The van der Waals surface area contributed by atoms with Crippen molar-refractivity contribution in [1.82, 2.24) is 0 Å². The average molecular weight is 300 g/mol. The standard InChI is InChI=1S/C23H24/c1-4-23(2,3)22-17-11-10-16-21(22)20-15-9-8-14-19(20)18-12-6-5-7-13-18/h5-17H,4H2,1-3H3. The molecular formula is C23H24. The summed E-state index contributed by atoms with van der Waals surface area (Å²) in [5, 5.41) is 0. The number of hydrogen-bond acceptors (Lipinski definition) is 0. The molecule has 0 aromatic heterocycles. The topological polar surface area (TPSA) is 0 Å². The van der Waals surface area contributed by atoms with Gasteiger partial charge in [-0.15, -0.1) is 0 Å². The lowest BCUT2D eigenvalue weighted by atomic mass is 9.77. The summed E-state index contributed by atoms with van der Waals surface area (Å²) < 4.78 is 0. The van der Waals surface area contributed by atoms with Crippen molar-refractivity contribution in [2.24, 2.45) is 0 Å². The molecule has 0 amide bonds. The summed E-state index contributed by atoms with van der Waals surface area (Å²) in [4.78, 5) is 0. The predicted molar refractivity (Wildman–Crippen MR) is 101 cm³/mol. The van der Waals surface area contributed by atoms with Gasteiger partial charge in [-0.3, -0.25) is 0 Å². The highest BCUT2D eigenvalue weighted by atomic mass is 14.3. The number of rotatable bonds is 4. The zero-order chi connectivity index (χ0) is 16.3. The molecule has 23 heavy (non-hydrogen) atoms. The fraction of sp³-hybridized carbons (Fsp3) is 0.217. The largest absolute Gasteiger partial charge is 0.0646 e. The third-order valence-corrected chi connectivity index (χ3v) is 4.84. The Morgan fingerprint density at radius 3 is 1.78 bits per heavy atom. The Balaban J connectivity index is 2.22. The molecule has 0 N–H and O–H groups in total. The summed E-state index contributed by atoms with van der Waals surface area (Å²) in [6.07, 6.45) is 1.12. The molecule has 0 fully saturated rings. The lowest BCUT2D eigenvalue weighted by Crippen LogP contribution is -2.16. The molecule has 0 unspecified atom stereocenters. The minimum absolute atomic E-state index is 0.167. The summed E-state index contributed by atoms with van der Waals surface area (Å²) in [5.41, 5.74) is 6.82. The average Bonchev–Trinajstić information content (AvgIpc) is 2.62. The molecule has 0 spiro atoms. The van der Waals surface area contributed by atoms with Crippen molar-refractivity contribution in [1.29, 1.82) is 0 Å². The summed E-state index contributed by atoms with van der Waals surface area (Å²) in [5.74, 6) is 0. The molecular weight excluding hydrogens is 276 g/mol. The van der Waals surface area contributed by atoms with Gasteiger partial charge in [0.05, 0.1) is 0 Å². The second kappa shape index (κ2) is 6.42. The van der Waals surface area contributed by atoms with Gasteiger partial charge in [-0.2, -0.15) is 0 Å². The van der Waals surface area contributed by atoms with Crippen molar-refractivity contribution in [2.45, 2.75) is 32.6 Å². The van der Waals surface area contributed by atoms with Crippen LogP contribution >= 0.6 is 0 Å². The fourth-order valence-corrected chi connectivity index (χ4v) is 3.09. The van der Waals surface area contributed by atoms with Gasteiger partial charge in [0.2, 0.25) is 0 Å². The van der Waals surface area contributed by atoms with Gasteiger partial charge in [-0.1, -0.05) is 99.6 Å². The maximum atomic E-state index is 2.33. The van der Waals surface area contributed by atoms with Crippen LogP contribution in [-0.2, 0) is 5.41 Å². The second-order valence-corrected chi connectivity index (χ2v) is 6.69. The minimum Gasteiger partial charge on any atom is -0.0646 e. The van der Waals surface area contributed by atoms with Crippen LogP contribution in [0.1, 0.15) is 32.8 Å². The van der Waals surface area contributed by atoms with Crippen LogP contribution in [0.5, 0.6) is 0 Å². The van der Waals surface area contributed by atoms with Crippen molar-refractivity contribution >= 4 is 0 Å². The molecule has 116 valence electrons. The van der Waals surface area contributed by atoms with E-state index >= 15 is 0 Å². The van der Waals surface area contributed by atoms with E-state index in [1.165, 1.54) is 27.8 Å². The highest BCUT2D eigenvalue weighted by Gasteiger charge is 2.22. The molecule has 0 bridgehead atoms. The second-order valence-electron chi connectivity index (χ2n) is 6.69. The first kappa shape index (κ1) is 15.6. The summed E-state index contributed by atoms with van der Waals surface area (Å²) >= 11 is 0. The third kappa shape index (κ3) is 3.07. The molecule has 0 radical (unpaired) electrons. The van der Waals surface area contributed by atoms with Gasteiger partial charge in [0.15, 0.2) is 0 Å². The maximum absolute atomic E-state index is 2.33. The first-order chi connectivity index (χ1) is 11.1. The van der Waals surface area contributed by atoms with E-state index in [9.17, 15) is 0 Å². The van der Waals surface area contributed by atoms with E-state index in [-0.39, 0.29) is 5.41 Å². The quantitative estimate of drug-likeness (QED) is 0.502. The minimum atomic E-state index is 0.167. The van der Waals surface area contributed by atoms with Crippen LogP contribution in [0.2, 0.25) is 0 Å². The summed E-state index contributed by atoms with van der Waals surface area (Å²) in [6.45, 7) is 6.92. The summed E-state index contributed by atoms with van der Waals surface area (Å²) in [6, 6.07) is 28.2. The van der Waals surface area contributed by atoms with Crippen LogP contribution in [0.15, 0.2) is 78.9 Å². The smallest absolute Gasteiger partial charge is 0.0100 e. The van der Waals surface area contributed by atoms with E-state index in [1.54, 1.807) is 0 Å². The van der Waals surface area contributed by atoms with E-state index in [1.807, 2.05) is 0 Å². The van der Waals surface area contributed by atoms with Crippen LogP contribution in [-0.4, -0.2) is 0 Å². The van der Waals surface area contributed by atoms with E-state index in [0.29, 0.717) is 0 Å². The molecule has 0 saturated carbocycles. The summed E-state index contributed by atoms with van der Waals surface area (Å²) in [7, 11) is 0. The zero-order valence-electron chi connectivity index (χ0n) is 14.2. The van der Waals surface area contributed by atoms with Crippen molar-refractivity contribution in [3.8, 4) is 22.3 Å². The van der Waals surface area contributed by atoms with Gasteiger partial charge in [0, 0.05) is 0 Å². The van der Waals surface area contributed by atoms with E-state index in [4.69, 9.17) is 0 Å². The fourth-order valence-electron chi connectivity index (χ4n) is 3.09. The van der Waals surface area contributed by atoms with Gasteiger partial charge < -0.3 is 0 Å². The molecule has 0 atom stereocenters. The van der Waals surface area contributed by atoms with Gasteiger partial charge in [-0.05, 0) is 39.7 Å². The molecule has 0 nitrogen and oxygen atoms in total. The van der Waals surface area contributed by atoms with Gasteiger partial charge in [-0.25, -0.2) is 0 Å².